The summed E-state index contributed by atoms with van der Waals surface area (Å²) in [6.07, 6.45) is 1.74. The average molecular weight is 286 g/mol. The number of carbonyl (C=O) groups excluding carboxylic acids is 1. The van der Waals surface area contributed by atoms with Gasteiger partial charge in [0.1, 0.15) is 5.75 Å². The van der Waals surface area contributed by atoms with Crippen molar-refractivity contribution < 1.29 is 9.53 Å². The second-order valence-corrected chi connectivity index (χ2v) is 4.91. The average Bonchev–Trinajstić information content (AvgIpc) is 2.52. The molecule has 2 aromatic rings. The fourth-order valence-corrected chi connectivity index (χ4v) is 2.35. The quantitative estimate of drug-likeness (QED) is 0.857. The van der Waals surface area contributed by atoms with Gasteiger partial charge >= 0.3 is 6.03 Å². The molecule has 0 fully saturated rings. The standard InChI is InChI=1S/C17H22N2O2/c1-3-11-18-17(20)19-12-10-13-6-4-8-15-14(13)7-5-9-16(15)21-2/h4-9H,3,10-12H2,1-2H3,(H2,18,19,20). The molecule has 0 saturated carbocycles. The number of nitrogens with one attached hydrogen (secondary N) is 2. The third-order valence-electron chi connectivity index (χ3n) is 3.41. The van der Waals surface area contributed by atoms with E-state index in [1.807, 2.05) is 25.1 Å². The van der Waals surface area contributed by atoms with Gasteiger partial charge in [-0.3, -0.25) is 0 Å². The van der Waals surface area contributed by atoms with Crippen LogP contribution in [-0.2, 0) is 6.42 Å². The van der Waals surface area contributed by atoms with Gasteiger partial charge in [-0.25, -0.2) is 4.79 Å². The summed E-state index contributed by atoms with van der Waals surface area (Å²) < 4.78 is 5.39. The molecule has 0 aliphatic carbocycles. The van der Waals surface area contributed by atoms with Crippen LogP contribution in [-0.4, -0.2) is 26.2 Å². The molecular weight excluding hydrogens is 264 g/mol. The van der Waals surface area contributed by atoms with E-state index in [1.165, 1.54) is 10.9 Å². The van der Waals surface area contributed by atoms with Crippen LogP contribution in [0.2, 0.25) is 0 Å². The van der Waals surface area contributed by atoms with Crippen molar-refractivity contribution >= 4 is 16.8 Å². The highest BCUT2D eigenvalue weighted by Gasteiger charge is 2.05. The summed E-state index contributed by atoms with van der Waals surface area (Å²) in [5, 5.41) is 7.96. The lowest BCUT2D eigenvalue weighted by atomic mass is 10.0. The van der Waals surface area contributed by atoms with Crippen LogP contribution in [0.1, 0.15) is 18.9 Å². The fourth-order valence-electron chi connectivity index (χ4n) is 2.35. The van der Waals surface area contributed by atoms with Crippen LogP contribution in [0.4, 0.5) is 4.79 Å². The monoisotopic (exact) mass is 286 g/mol. The second kappa shape index (κ2) is 7.53. The maximum absolute atomic E-state index is 11.5. The molecule has 2 aromatic carbocycles. The van der Waals surface area contributed by atoms with E-state index in [0.29, 0.717) is 13.1 Å². The molecule has 0 spiro atoms. The molecule has 0 aliphatic heterocycles. The Bertz CT molecular complexity index is 611. The highest BCUT2D eigenvalue weighted by atomic mass is 16.5. The van der Waals surface area contributed by atoms with Crippen molar-refractivity contribution in [2.75, 3.05) is 20.2 Å². The molecule has 0 unspecified atom stereocenters. The maximum Gasteiger partial charge on any atom is 0.314 e. The first-order valence-corrected chi connectivity index (χ1v) is 7.32. The molecular formula is C17H22N2O2. The van der Waals surface area contributed by atoms with E-state index in [2.05, 4.69) is 28.8 Å². The number of rotatable bonds is 6. The summed E-state index contributed by atoms with van der Waals surface area (Å²) in [6, 6.07) is 12.1. The highest BCUT2D eigenvalue weighted by molar-refractivity contribution is 5.91. The van der Waals surface area contributed by atoms with Gasteiger partial charge in [0, 0.05) is 18.5 Å². The molecule has 112 valence electrons. The van der Waals surface area contributed by atoms with E-state index in [0.717, 1.165) is 24.0 Å². The third kappa shape index (κ3) is 3.88. The maximum atomic E-state index is 11.5. The molecule has 21 heavy (non-hydrogen) atoms. The number of methoxy groups -OCH3 is 1. The van der Waals surface area contributed by atoms with Crippen molar-refractivity contribution in [3.63, 3.8) is 0 Å². The Morgan fingerprint density at radius 3 is 2.52 bits per heavy atom. The second-order valence-electron chi connectivity index (χ2n) is 4.91. The number of urea groups is 1. The van der Waals surface area contributed by atoms with E-state index in [1.54, 1.807) is 7.11 Å². The van der Waals surface area contributed by atoms with Crippen LogP contribution < -0.4 is 15.4 Å². The SMILES string of the molecule is CCCNC(=O)NCCc1cccc2c(OC)cccc12. The van der Waals surface area contributed by atoms with Gasteiger partial charge in [0.05, 0.1) is 7.11 Å². The summed E-state index contributed by atoms with van der Waals surface area (Å²) in [5.41, 5.74) is 1.21. The third-order valence-corrected chi connectivity index (χ3v) is 3.41. The molecule has 0 saturated heterocycles. The largest absolute Gasteiger partial charge is 0.496 e. The summed E-state index contributed by atoms with van der Waals surface area (Å²) in [5.74, 6) is 0.878. The van der Waals surface area contributed by atoms with Gasteiger partial charge < -0.3 is 15.4 Å². The summed E-state index contributed by atoms with van der Waals surface area (Å²) >= 11 is 0. The molecule has 4 heteroatoms. The Hall–Kier alpha value is -2.23. The van der Waals surface area contributed by atoms with Crippen molar-refractivity contribution in [2.24, 2.45) is 0 Å². The summed E-state index contributed by atoms with van der Waals surface area (Å²) in [7, 11) is 1.68. The first-order valence-electron chi connectivity index (χ1n) is 7.32. The molecule has 2 rings (SSSR count). The van der Waals surface area contributed by atoms with Gasteiger partial charge in [-0.05, 0) is 29.9 Å². The van der Waals surface area contributed by atoms with Gasteiger partial charge in [0.25, 0.3) is 0 Å². The zero-order valence-corrected chi connectivity index (χ0v) is 12.6. The van der Waals surface area contributed by atoms with Crippen LogP contribution in [0, 0.1) is 0 Å². The molecule has 0 heterocycles. The first kappa shape index (κ1) is 15.2. The van der Waals surface area contributed by atoms with Gasteiger partial charge in [-0.15, -0.1) is 0 Å². The highest BCUT2D eigenvalue weighted by Crippen LogP contribution is 2.27. The lowest BCUT2D eigenvalue weighted by molar-refractivity contribution is 0.241. The minimum Gasteiger partial charge on any atom is -0.496 e. The van der Waals surface area contributed by atoms with Gasteiger partial charge in [-0.1, -0.05) is 37.3 Å². The number of amides is 2. The Balaban J connectivity index is 2.04. The Labute approximate surface area is 125 Å². The van der Waals surface area contributed by atoms with Crippen molar-refractivity contribution in [1.82, 2.24) is 10.6 Å². The number of hydrogen-bond acceptors (Lipinski definition) is 2. The predicted octanol–water partition coefficient (Wildman–Crippen LogP) is 3.10. The Morgan fingerprint density at radius 2 is 1.76 bits per heavy atom. The topological polar surface area (TPSA) is 50.4 Å². The first-order chi connectivity index (χ1) is 10.3. The van der Waals surface area contributed by atoms with Crippen molar-refractivity contribution in [2.45, 2.75) is 19.8 Å². The van der Waals surface area contributed by atoms with Crippen LogP contribution in [0.3, 0.4) is 0 Å². The minimum absolute atomic E-state index is 0.102. The van der Waals surface area contributed by atoms with Crippen LogP contribution in [0.5, 0.6) is 5.75 Å². The molecule has 4 nitrogen and oxygen atoms in total. The lowest BCUT2D eigenvalue weighted by Crippen LogP contribution is -2.36. The van der Waals surface area contributed by atoms with Gasteiger partial charge in [0.15, 0.2) is 0 Å². The van der Waals surface area contributed by atoms with Gasteiger partial charge in [0.2, 0.25) is 0 Å². The normalized spacial score (nSPS) is 10.4. The zero-order chi connectivity index (χ0) is 15.1. The number of carbonyl (C=O) groups is 1. The van der Waals surface area contributed by atoms with E-state index in [9.17, 15) is 4.79 Å². The fraction of sp³-hybridized carbons (Fsp3) is 0.353. The number of hydrogen-bond donors (Lipinski definition) is 2. The lowest BCUT2D eigenvalue weighted by Gasteiger charge is -2.11. The van der Waals surface area contributed by atoms with Crippen molar-refractivity contribution in [3.05, 3.63) is 42.0 Å². The van der Waals surface area contributed by atoms with Crippen molar-refractivity contribution in [3.8, 4) is 5.75 Å². The molecule has 0 aromatic heterocycles. The van der Waals surface area contributed by atoms with Crippen molar-refractivity contribution in [1.29, 1.82) is 0 Å². The van der Waals surface area contributed by atoms with E-state index in [4.69, 9.17) is 4.74 Å². The number of fused-ring (bicyclic) bond motifs is 1. The summed E-state index contributed by atoms with van der Waals surface area (Å²) in [4.78, 5) is 11.5. The van der Waals surface area contributed by atoms with E-state index in [-0.39, 0.29) is 6.03 Å². The molecule has 2 amide bonds. The molecule has 0 atom stereocenters. The Morgan fingerprint density at radius 1 is 1.05 bits per heavy atom. The van der Waals surface area contributed by atoms with Crippen LogP contribution in [0.25, 0.3) is 10.8 Å². The van der Waals surface area contributed by atoms with E-state index >= 15 is 0 Å². The minimum atomic E-state index is -0.102. The van der Waals surface area contributed by atoms with E-state index < -0.39 is 0 Å². The molecule has 0 aliphatic rings. The summed E-state index contributed by atoms with van der Waals surface area (Å²) in [6.45, 7) is 3.35. The molecule has 2 N–H and O–H groups in total. The molecule has 0 bridgehead atoms. The number of benzene rings is 2. The molecule has 0 radical (unpaired) electrons. The Kier molecular flexibility index (Phi) is 5.43. The smallest absolute Gasteiger partial charge is 0.314 e. The van der Waals surface area contributed by atoms with Crippen LogP contribution in [0.15, 0.2) is 36.4 Å². The predicted molar refractivity (Wildman–Crippen MR) is 85.9 cm³/mol. The number of ether oxygens (including phenoxy) is 1. The van der Waals surface area contributed by atoms with Crippen LogP contribution >= 0.6 is 0 Å². The zero-order valence-electron chi connectivity index (χ0n) is 12.6. The van der Waals surface area contributed by atoms with Gasteiger partial charge in [-0.2, -0.15) is 0 Å².